The minimum absolute atomic E-state index is 0.0850. The van der Waals surface area contributed by atoms with Gasteiger partial charge in [0.1, 0.15) is 11.8 Å². The Morgan fingerprint density at radius 3 is 2.29 bits per heavy atom. The Hall–Kier alpha value is -4.57. The molecule has 0 aliphatic carbocycles. The highest BCUT2D eigenvalue weighted by molar-refractivity contribution is 6.02. The van der Waals surface area contributed by atoms with Crippen molar-refractivity contribution in [1.29, 1.82) is 0 Å². The van der Waals surface area contributed by atoms with E-state index in [0.29, 0.717) is 28.5 Å². The summed E-state index contributed by atoms with van der Waals surface area (Å²) in [7, 11) is 1.56. The Balaban J connectivity index is 1.52. The maximum absolute atomic E-state index is 13.2. The van der Waals surface area contributed by atoms with Crippen LogP contribution in [0.3, 0.4) is 0 Å². The summed E-state index contributed by atoms with van der Waals surface area (Å²) in [6.07, 6.45) is 0.219. The molecule has 35 heavy (non-hydrogen) atoms. The lowest BCUT2D eigenvalue weighted by Gasteiger charge is -2.19. The van der Waals surface area contributed by atoms with Crippen molar-refractivity contribution in [3.05, 3.63) is 83.4 Å². The molecule has 3 aromatic rings. The molecular formula is C25H23N3O7. The molecule has 1 atom stereocenters. The van der Waals surface area contributed by atoms with Gasteiger partial charge in [0, 0.05) is 23.2 Å². The molecule has 180 valence electrons. The first-order chi connectivity index (χ1) is 17.0. The first kappa shape index (κ1) is 23.6. The van der Waals surface area contributed by atoms with Crippen LogP contribution in [0.25, 0.3) is 0 Å². The third-order valence-electron chi connectivity index (χ3n) is 5.37. The second-order valence-corrected chi connectivity index (χ2v) is 7.65. The highest BCUT2D eigenvalue weighted by atomic mass is 16.7. The normalized spacial score (nSPS) is 12.4. The van der Waals surface area contributed by atoms with Crippen LogP contribution in [0.15, 0.2) is 66.7 Å². The highest BCUT2D eigenvalue weighted by Crippen LogP contribution is 2.32. The predicted octanol–water partition coefficient (Wildman–Crippen LogP) is 2.52. The number of fused-ring (bicyclic) bond motifs is 1. The zero-order valence-electron chi connectivity index (χ0n) is 18.7. The van der Waals surface area contributed by atoms with Gasteiger partial charge < -0.3 is 24.8 Å². The fourth-order valence-electron chi connectivity index (χ4n) is 3.48. The Morgan fingerprint density at radius 1 is 0.914 bits per heavy atom. The number of hydrogen-bond acceptors (Lipinski definition) is 7. The molecule has 1 aliphatic heterocycles. The van der Waals surface area contributed by atoms with E-state index in [9.17, 15) is 14.4 Å². The van der Waals surface area contributed by atoms with Crippen molar-refractivity contribution in [1.82, 2.24) is 10.8 Å². The van der Waals surface area contributed by atoms with Gasteiger partial charge in [-0.05, 0) is 60.2 Å². The van der Waals surface area contributed by atoms with Gasteiger partial charge in [0.15, 0.2) is 11.5 Å². The first-order valence-electron chi connectivity index (χ1n) is 10.7. The van der Waals surface area contributed by atoms with E-state index < -0.39 is 23.8 Å². The van der Waals surface area contributed by atoms with Gasteiger partial charge in [0.25, 0.3) is 11.8 Å². The number of nitrogens with one attached hydrogen (secondary N) is 3. The number of anilines is 1. The molecule has 0 fully saturated rings. The van der Waals surface area contributed by atoms with Gasteiger partial charge in [-0.15, -0.1) is 0 Å². The topological polar surface area (TPSA) is 135 Å². The molecule has 10 heteroatoms. The maximum atomic E-state index is 13.2. The highest BCUT2D eigenvalue weighted by Gasteiger charge is 2.24. The summed E-state index contributed by atoms with van der Waals surface area (Å²) in [6.45, 7) is 0.0850. The summed E-state index contributed by atoms with van der Waals surface area (Å²) in [4.78, 5) is 37.6. The van der Waals surface area contributed by atoms with Gasteiger partial charge in [-0.1, -0.05) is 12.1 Å². The third-order valence-corrected chi connectivity index (χ3v) is 5.37. The van der Waals surface area contributed by atoms with E-state index in [4.69, 9.17) is 19.4 Å². The zero-order chi connectivity index (χ0) is 24.8. The summed E-state index contributed by atoms with van der Waals surface area (Å²) in [6, 6.07) is 17.0. The molecule has 0 spiro atoms. The summed E-state index contributed by atoms with van der Waals surface area (Å²) in [5, 5.41) is 14.3. The van der Waals surface area contributed by atoms with Crippen molar-refractivity contribution in [3.8, 4) is 17.2 Å². The van der Waals surface area contributed by atoms with Crippen LogP contribution in [0.5, 0.6) is 17.2 Å². The lowest BCUT2D eigenvalue weighted by molar-refractivity contribution is -0.118. The van der Waals surface area contributed by atoms with Crippen LogP contribution >= 0.6 is 0 Å². The summed E-state index contributed by atoms with van der Waals surface area (Å²) < 4.78 is 15.8. The largest absolute Gasteiger partial charge is 0.497 e. The Bertz CT molecular complexity index is 1230. The van der Waals surface area contributed by atoms with E-state index in [0.717, 1.165) is 5.56 Å². The zero-order valence-corrected chi connectivity index (χ0v) is 18.7. The molecule has 1 aliphatic rings. The lowest BCUT2D eigenvalue weighted by Crippen LogP contribution is -2.45. The van der Waals surface area contributed by atoms with Crippen molar-refractivity contribution >= 4 is 23.4 Å². The summed E-state index contributed by atoms with van der Waals surface area (Å²) in [5.74, 6) is 0.108. The van der Waals surface area contributed by atoms with Crippen LogP contribution < -0.4 is 30.3 Å². The molecule has 0 aromatic heterocycles. The van der Waals surface area contributed by atoms with Crippen molar-refractivity contribution in [2.45, 2.75) is 12.5 Å². The molecule has 0 saturated carbocycles. The molecule has 1 heterocycles. The summed E-state index contributed by atoms with van der Waals surface area (Å²) >= 11 is 0. The fraction of sp³-hybridized carbons (Fsp3) is 0.160. The van der Waals surface area contributed by atoms with Crippen LogP contribution in [0.2, 0.25) is 0 Å². The number of benzene rings is 3. The van der Waals surface area contributed by atoms with Crippen LogP contribution in [0.4, 0.5) is 5.69 Å². The molecule has 0 radical (unpaired) electrons. The summed E-state index contributed by atoms with van der Waals surface area (Å²) in [5.41, 5.74) is 3.32. The van der Waals surface area contributed by atoms with Gasteiger partial charge >= 0.3 is 0 Å². The van der Waals surface area contributed by atoms with E-state index in [-0.39, 0.29) is 18.8 Å². The number of carbonyl (C=O) groups excluding carboxylic acids is 3. The number of amides is 3. The SMILES string of the molecule is COc1ccc(C[C@H](NC(=O)c2ccc3c(c2)OCO3)C(=O)Nc2ccc(C(=O)NO)cc2)cc1. The van der Waals surface area contributed by atoms with Crippen LogP contribution in [-0.4, -0.2) is 42.9 Å². The van der Waals surface area contributed by atoms with E-state index in [1.165, 1.54) is 24.3 Å². The van der Waals surface area contributed by atoms with Crippen LogP contribution in [-0.2, 0) is 11.2 Å². The van der Waals surface area contributed by atoms with Gasteiger partial charge in [0.05, 0.1) is 7.11 Å². The number of methoxy groups -OCH3 is 1. The number of ether oxygens (including phenoxy) is 3. The van der Waals surface area contributed by atoms with Crippen LogP contribution in [0, 0.1) is 0 Å². The maximum Gasteiger partial charge on any atom is 0.274 e. The van der Waals surface area contributed by atoms with E-state index in [2.05, 4.69) is 10.6 Å². The molecule has 4 N–H and O–H groups in total. The second kappa shape index (κ2) is 10.6. The Labute approximate surface area is 200 Å². The third kappa shape index (κ3) is 5.68. The van der Waals surface area contributed by atoms with Crippen molar-refractivity contribution in [2.24, 2.45) is 0 Å². The van der Waals surface area contributed by atoms with E-state index in [1.807, 2.05) is 12.1 Å². The van der Waals surface area contributed by atoms with Crippen LogP contribution in [0.1, 0.15) is 26.3 Å². The monoisotopic (exact) mass is 477 g/mol. The molecule has 0 saturated heterocycles. The number of carbonyl (C=O) groups is 3. The average Bonchev–Trinajstić information content (AvgIpc) is 3.36. The van der Waals surface area contributed by atoms with Gasteiger partial charge in [-0.25, -0.2) is 5.48 Å². The average molecular weight is 477 g/mol. The number of rotatable bonds is 8. The van der Waals surface area contributed by atoms with Gasteiger partial charge in [-0.2, -0.15) is 0 Å². The standard InChI is InChI=1S/C25H23N3O7/c1-33-19-9-2-15(3-10-19)12-20(25(31)26-18-7-4-16(5-8-18)24(30)28-32)27-23(29)17-6-11-21-22(13-17)35-14-34-21/h2-11,13,20,32H,12,14H2,1H3,(H,26,31)(H,27,29)(H,28,30)/t20-/m0/s1. The molecule has 3 amide bonds. The predicted molar refractivity (Wildman–Crippen MR) is 125 cm³/mol. The van der Waals surface area contributed by atoms with Crippen molar-refractivity contribution in [2.75, 3.05) is 19.2 Å². The fourth-order valence-corrected chi connectivity index (χ4v) is 3.48. The Morgan fingerprint density at radius 2 is 1.60 bits per heavy atom. The number of hydroxylamine groups is 1. The van der Waals surface area contributed by atoms with Crippen molar-refractivity contribution in [3.63, 3.8) is 0 Å². The Kier molecular flexibility index (Phi) is 7.12. The molecule has 0 bridgehead atoms. The number of hydrogen-bond donors (Lipinski definition) is 4. The van der Waals surface area contributed by atoms with Gasteiger partial charge in [0.2, 0.25) is 12.7 Å². The lowest BCUT2D eigenvalue weighted by atomic mass is 10.0. The van der Waals surface area contributed by atoms with E-state index in [1.54, 1.807) is 42.9 Å². The van der Waals surface area contributed by atoms with E-state index >= 15 is 0 Å². The quantitative estimate of drug-likeness (QED) is 0.289. The second-order valence-electron chi connectivity index (χ2n) is 7.65. The molecule has 3 aromatic carbocycles. The van der Waals surface area contributed by atoms with Crippen molar-refractivity contribution < 1.29 is 33.8 Å². The van der Waals surface area contributed by atoms with Gasteiger partial charge in [-0.3, -0.25) is 19.6 Å². The molecular weight excluding hydrogens is 454 g/mol. The molecule has 0 unspecified atom stereocenters. The molecule has 10 nitrogen and oxygen atoms in total. The smallest absolute Gasteiger partial charge is 0.274 e. The first-order valence-corrected chi connectivity index (χ1v) is 10.7. The molecule has 4 rings (SSSR count). The minimum atomic E-state index is -0.915. The minimum Gasteiger partial charge on any atom is -0.497 e.